The summed E-state index contributed by atoms with van der Waals surface area (Å²) >= 11 is 0. The molecule has 0 bridgehead atoms. The molecule has 0 radical (unpaired) electrons. The predicted molar refractivity (Wildman–Crippen MR) is 80.8 cm³/mol. The van der Waals surface area contributed by atoms with E-state index in [1.807, 2.05) is 6.92 Å². The summed E-state index contributed by atoms with van der Waals surface area (Å²) in [5.41, 5.74) is 2.31. The molecule has 0 saturated heterocycles. The second-order valence-corrected chi connectivity index (χ2v) is 7.79. The molecule has 0 aliphatic heterocycles. The molecule has 1 aromatic heterocycles. The highest BCUT2D eigenvalue weighted by Gasteiger charge is 2.30. The summed E-state index contributed by atoms with van der Waals surface area (Å²) < 4.78 is 27.7. The van der Waals surface area contributed by atoms with Crippen molar-refractivity contribution < 1.29 is 13.2 Å². The lowest BCUT2D eigenvalue weighted by atomic mass is 10.2. The largest absolute Gasteiger partial charge is 0.463 e. The molecule has 0 spiro atoms. The van der Waals surface area contributed by atoms with Crippen LogP contribution in [0.25, 0.3) is 0 Å². The number of rotatable bonds is 8. The number of nitrogens with one attached hydrogen (secondary N) is 2. The first-order valence-electron chi connectivity index (χ1n) is 6.48. The molecular formula is C11H22N6O3S. The van der Waals surface area contributed by atoms with Gasteiger partial charge < -0.3 is 10.1 Å². The van der Waals surface area contributed by atoms with E-state index in [9.17, 15) is 8.42 Å². The first-order valence-corrected chi connectivity index (χ1v) is 8.37. The summed E-state index contributed by atoms with van der Waals surface area (Å²) in [7, 11) is -3.22. The van der Waals surface area contributed by atoms with Crippen LogP contribution in [0.3, 0.4) is 0 Å². The standard InChI is InChI=1S/C11H22N6O3S/c1-5-6-20-10-15-8(14-9(16-10)17-12)13-7-11(2,3)21(4,18)19/h5-7,12H2,1-4H3,(H2,13,14,15,16,17). The van der Waals surface area contributed by atoms with Gasteiger partial charge in [0.15, 0.2) is 9.84 Å². The Hall–Kier alpha value is -1.68. The topological polar surface area (TPSA) is 132 Å². The van der Waals surface area contributed by atoms with E-state index in [0.717, 1.165) is 6.42 Å². The molecule has 0 atom stereocenters. The van der Waals surface area contributed by atoms with Crippen molar-refractivity contribution in [1.29, 1.82) is 0 Å². The van der Waals surface area contributed by atoms with Crippen molar-refractivity contribution in [2.75, 3.05) is 30.1 Å². The van der Waals surface area contributed by atoms with E-state index in [4.69, 9.17) is 10.6 Å². The summed E-state index contributed by atoms with van der Waals surface area (Å²) in [5.74, 6) is 5.62. The number of aromatic nitrogens is 3. The summed E-state index contributed by atoms with van der Waals surface area (Å²) in [6.07, 6.45) is 1.99. The molecule has 1 rings (SSSR count). The van der Waals surface area contributed by atoms with E-state index >= 15 is 0 Å². The molecule has 0 aliphatic rings. The minimum Gasteiger partial charge on any atom is -0.463 e. The van der Waals surface area contributed by atoms with Crippen LogP contribution in [0.4, 0.5) is 11.9 Å². The predicted octanol–water partition coefficient (Wildman–Crippen LogP) is 0.181. The highest BCUT2D eigenvalue weighted by atomic mass is 32.2. The summed E-state index contributed by atoms with van der Waals surface area (Å²) in [6.45, 7) is 5.80. The first kappa shape index (κ1) is 17.4. The molecule has 1 aromatic rings. The Labute approximate surface area is 124 Å². The zero-order chi connectivity index (χ0) is 16.1. The van der Waals surface area contributed by atoms with E-state index in [1.54, 1.807) is 13.8 Å². The number of hydrogen-bond donors (Lipinski definition) is 3. The van der Waals surface area contributed by atoms with Crippen molar-refractivity contribution >= 4 is 21.7 Å². The van der Waals surface area contributed by atoms with E-state index in [1.165, 1.54) is 6.26 Å². The molecule has 0 aromatic carbocycles. The highest BCUT2D eigenvalue weighted by molar-refractivity contribution is 7.92. The first-order chi connectivity index (χ1) is 9.69. The lowest BCUT2D eigenvalue weighted by Crippen LogP contribution is -2.38. The maximum atomic E-state index is 11.7. The Morgan fingerprint density at radius 1 is 1.24 bits per heavy atom. The molecule has 0 saturated carbocycles. The molecule has 0 amide bonds. The summed E-state index contributed by atoms with van der Waals surface area (Å²) in [5, 5.41) is 2.87. The van der Waals surface area contributed by atoms with E-state index < -0.39 is 14.6 Å². The molecule has 21 heavy (non-hydrogen) atoms. The van der Waals surface area contributed by atoms with Crippen LogP contribution in [-0.4, -0.2) is 47.5 Å². The number of nitrogens with zero attached hydrogens (tertiary/aromatic N) is 3. The molecule has 1 heterocycles. The Morgan fingerprint density at radius 3 is 2.38 bits per heavy atom. The summed E-state index contributed by atoms with van der Waals surface area (Å²) in [4.78, 5) is 12.0. The molecule has 4 N–H and O–H groups in total. The van der Waals surface area contributed by atoms with Crippen LogP contribution in [0.1, 0.15) is 27.2 Å². The third-order valence-electron chi connectivity index (χ3n) is 2.86. The van der Waals surface area contributed by atoms with Crippen molar-refractivity contribution in [3.63, 3.8) is 0 Å². The van der Waals surface area contributed by atoms with Crippen LogP contribution >= 0.6 is 0 Å². The Bertz CT molecular complexity index is 575. The normalized spacial score (nSPS) is 12.0. The average Bonchev–Trinajstić information content (AvgIpc) is 2.41. The third kappa shape index (κ3) is 4.97. The van der Waals surface area contributed by atoms with E-state index in [2.05, 4.69) is 25.7 Å². The van der Waals surface area contributed by atoms with Gasteiger partial charge in [0.1, 0.15) is 0 Å². The number of sulfone groups is 1. The summed E-state index contributed by atoms with van der Waals surface area (Å²) in [6, 6.07) is 0.125. The number of ether oxygens (including phenoxy) is 1. The average molecular weight is 318 g/mol. The van der Waals surface area contributed by atoms with Gasteiger partial charge in [-0.25, -0.2) is 14.3 Å². The van der Waals surface area contributed by atoms with Gasteiger partial charge in [-0.15, -0.1) is 0 Å². The molecule has 0 aliphatic carbocycles. The fourth-order valence-corrected chi connectivity index (χ4v) is 1.52. The van der Waals surface area contributed by atoms with E-state index in [-0.39, 0.29) is 24.5 Å². The maximum Gasteiger partial charge on any atom is 0.323 e. The van der Waals surface area contributed by atoms with Crippen molar-refractivity contribution in [2.24, 2.45) is 5.84 Å². The molecule has 120 valence electrons. The van der Waals surface area contributed by atoms with Gasteiger partial charge in [0.2, 0.25) is 11.9 Å². The zero-order valence-electron chi connectivity index (χ0n) is 12.7. The van der Waals surface area contributed by atoms with Crippen molar-refractivity contribution in [2.45, 2.75) is 31.9 Å². The molecular weight excluding hydrogens is 296 g/mol. The molecule has 10 heteroatoms. The van der Waals surface area contributed by atoms with Gasteiger partial charge in [-0.3, -0.25) is 5.43 Å². The van der Waals surface area contributed by atoms with Gasteiger partial charge in [0.05, 0.1) is 11.4 Å². The number of nitrogen functional groups attached to an aromatic ring is 1. The van der Waals surface area contributed by atoms with Crippen molar-refractivity contribution in [3.05, 3.63) is 0 Å². The fourth-order valence-electron chi connectivity index (χ4n) is 1.18. The Balaban J connectivity index is 2.87. The van der Waals surface area contributed by atoms with Crippen molar-refractivity contribution in [3.8, 4) is 6.01 Å². The zero-order valence-corrected chi connectivity index (χ0v) is 13.5. The van der Waals surface area contributed by atoms with Crippen LogP contribution in [0.15, 0.2) is 0 Å². The van der Waals surface area contributed by atoms with Crippen molar-refractivity contribution in [1.82, 2.24) is 15.0 Å². The number of hydrazine groups is 1. The third-order valence-corrected chi connectivity index (χ3v) is 5.01. The number of hydrogen-bond acceptors (Lipinski definition) is 9. The van der Waals surface area contributed by atoms with Crippen LogP contribution in [0, 0.1) is 0 Å². The van der Waals surface area contributed by atoms with Gasteiger partial charge in [-0.1, -0.05) is 6.92 Å². The minimum atomic E-state index is -3.22. The monoisotopic (exact) mass is 318 g/mol. The second kappa shape index (κ2) is 6.85. The van der Waals surface area contributed by atoms with Gasteiger partial charge in [0.25, 0.3) is 0 Å². The van der Waals surface area contributed by atoms with E-state index in [0.29, 0.717) is 6.61 Å². The lowest BCUT2D eigenvalue weighted by Gasteiger charge is -2.22. The van der Waals surface area contributed by atoms with Gasteiger partial charge in [-0.2, -0.15) is 15.0 Å². The molecule has 0 unspecified atom stereocenters. The molecule has 9 nitrogen and oxygen atoms in total. The minimum absolute atomic E-state index is 0.125. The smallest absolute Gasteiger partial charge is 0.323 e. The second-order valence-electron chi connectivity index (χ2n) is 5.14. The SMILES string of the molecule is CCCOc1nc(NN)nc(NCC(C)(C)S(C)(=O)=O)n1. The maximum absolute atomic E-state index is 11.7. The van der Waals surface area contributed by atoms with Crippen LogP contribution < -0.4 is 21.3 Å². The Kier molecular flexibility index (Phi) is 5.67. The van der Waals surface area contributed by atoms with Gasteiger partial charge >= 0.3 is 6.01 Å². The quantitative estimate of drug-likeness (QED) is 0.453. The number of anilines is 2. The Morgan fingerprint density at radius 2 is 1.86 bits per heavy atom. The lowest BCUT2D eigenvalue weighted by molar-refractivity contribution is 0.292. The van der Waals surface area contributed by atoms with Crippen LogP contribution in [-0.2, 0) is 9.84 Å². The van der Waals surface area contributed by atoms with Gasteiger partial charge in [-0.05, 0) is 20.3 Å². The van der Waals surface area contributed by atoms with Gasteiger partial charge in [0, 0.05) is 12.8 Å². The molecule has 0 fully saturated rings. The number of nitrogens with two attached hydrogens (primary N) is 1. The fraction of sp³-hybridized carbons (Fsp3) is 0.727. The van der Waals surface area contributed by atoms with Crippen LogP contribution in [0.2, 0.25) is 0 Å². The van der Waals surface area contributed by atoms with Crippen LogP contribution in [0.5, 0.6) is 6.01 Å². The highest BCUT2D eigenvalue weighted by Crippen LogP contribution is 2.17.